The Morgan fingerprint density at radius 1 is 0.556 bits per heavy atom. The van der Waals surface area contributed by atoms with Gasteiger partial charge < -0.3 is 18.9 Å². The minimum absolute atomic E-state index is 0.458. The summed E-state index contributed by atoms with van der Waals surface area (Å²) in [7, 11) is 6.28. The number of hydrogen-bond donors (Lipinski definition) is 0. The third-order valence-electron chi connectivity index (χ3n) is 4.19. The predicted octanol–water partition coefficient (Wildman–Crippen LogP) is 2.84. The Hall–Kier alpha value is -3.19. The molecule has 0 aliphatic heterocycles. The van der Waals surface area contributed by atoms with Crippen LogP contribution in [-0.2, 0) is 10.3 Å². The number of ether oxygens (including phenoxy) is 4. The highest BCUT2D eigenvalue weighted by molar-refractivity contribution is 5.42. The van der Waals surface area contributed by atoms with Gasteiger partial charge in [-0.1, -0.05) is 18.2 Å². The maximum atomic E-state index is 6.04. The van der Waals surface area contributed by atoms with Crippen LogP contribution in [0.15, 0.2) is 54.6 Å². The fourth-order valence-electron chi connectivity index (χ4n) is 2.88. The number of rotatable bonds is 7. The number of pyridine rings is 3. The standard InChI is InChI=1S/C20H21N3O4/c1-24-17-11-5-8-14(21-17)20(27-4,15-9-6-12-18(22-15)25-2)16-10-7-13-19(23-16)26-3/h5-13H,1-4H3. The van der Waals surface area contributed by atoms with Crippen LogP contribution in [0.25, 0.3) is 0 Å². The molecule has 3 rings (SSSR count). The van der Waals surface area contributed by atoms with Gasteiger partial charge in [0, 0.05) is 25.3 Å². The van der Waals surface area contributed by atoms with Crippen LogP contribution in [0.1, 0.15) is 17.1 Å². The quantitative estimate of drug-likeness (QED) is 0.635. The van der Waals surface area contributed by atoms with E-state index in [4.69, 9.17) is 18.9 Å². The van der Waals surface area contributed by atoms with Crippen LogP contribution in [0.3, 0.4) is 0 Å². The summed E-state index contributed by atoms with van der Waals surface area (Å²) in [5.74, 6) is 1.37. The highest BCUT2D eigenvalue weighted by atomic mass is 16.5. The molecule has 0 fully saturated rings. The molecule has 0 aliphatic rings. The van der Waals surface area contributed by atoms with Crippen LogP contribution in [0.5, 0.6) is 17.6 Å². The largest absolute Gasteiger partial charge is 0.481 e. The van der Waals surface area contributed by atoms with Gasteiger partial charge in [0.1, 0.15) is 0 Å². The molecular weight excluding hydrogens is 346 g/mol. The van der Waals surface area contributed by atoms with Gasteiger partial charge in [-0.15, -0.1) is 0 Å². The van der Waals surface area contributed by atoms with E-state index in [1.165, 1.54) is 0 Å². The zero-order valence-corrected chi connectivity index (χ0v) is 15.7. The SMILES string of the molecule is COc1cccc(C(OC)(c2cccc(OC)n2)c2cccc(OC)n2)n1. The van der Waals surface area contributed by atoms with Crippen molar-refractivity contribution in [2.45, 2.75) is 5.60 Å². The minimum atomic E-state index is -1.18. The first kappa shape index (κ1) is 18.6. The molecule has 0 saturated heterocycles. The number of hydrogen-bond acceptors (Lipinski definition) is 7. The van der Waals surface area contributed by atoms with Crippen molar-refractivity contribution in [3.63, 3.8) is 0 Å². The molecule has 7 heteroatoms. The highest BCUT2D eigenvalue weighted by Gasteiger charge is 2.42. The van der Waals surface area contributed by atoms with Crippen LogP contribution in [-0.4, -0.2) is 43.4 Å². The van der Waals surface area contributed by atoms with Crippen LogP contribution in [0.2, 0.25) is 0 Å². The van der Waals surface area contributed by atoms with Gasteiger partial charge >= 0.3 is 0 Å². The van der Waals surface area contributed by atoms with Gasteiger partial charge in [0.15, 0.2) is 5.60 Å². The van der Waals surface area contributed by atoms with Gasteiger partial charge in [0.25, 0.3) is 0 Å². The minimum Gasteiger partial charge on any atom is -0.481 e. The zero-order valence-electron chi connectivity index (χ0n) is 15.7. The molecule has 3 aromatic heterocycles. The van der Waals surface area contributed by atoms with Crippen molar-refractivity contribution in [2.24, 2.45) is 0 Å². The van der Waals surface area contributed by atoms with E-state index in [0.29, 0.717) is 34.7 Å². The summed E-state index contributed by atoms with van der Waals surface area (Å²) >= 11 is 0. The second kappa shape index (κ2) is 8.01. The molecule has 0 saturated carbocycles. The van der Waals surface area contributed by atoms with Crippen molar-refractivity contribution in [1.29, 1.82) is 0 Å². The Kier molecular flexibility index (Phi) is 5.52. The van der Waals surface area contributed by atoms with E-state index in [1.807, 2.05) is 36.4 Å². The Morgan fingerprint density at radius 3 is 1.15 bits per heavy atom. The molecule has 0 atom stereocenters. The summed E-state index contributed by atoms with van der Waals surface area (Å²) in [4.78, 5) is 13.8. The normalized spacial score (nSPS) is 11.1. The lowest BCUT2D eigenvalue weighted by Gasteiger charge is -2.31. The molecule has 3 heterocycles. The van der Waals surface area contributed by atoms with Crippen molar-refractivity contribution in [1.82, 2.24) is 15.0 Å². The van der Waals surface area contributed by atoms with Crippen molar-refractivity contribution < 1.29 is 18.9 Å². The third-order valence-corrected chi connectivity index (χ3v) is 4.19. The average molecular weight is 367 g/mol. The second-order valence-corrected chi connectivity index (χ2v) is 5.58. The van der Waals surface area contributed by atoms with Crippen molar-refractivity contribution in [3.8, 4) is 17.6 Å². The molecule has 0 bridgehead atoms. The molecule has 0 radical (unpaired) electrons. The monoisotopic (exact) mass is 367 g/mol. The molecule has 7 nitrogen and oxygen atoms in total. The fraction of sp³-hybridized carbons (Fsp3) is 0.250. The van der Waals surface area contributed by atoms with Crippen LogP contribution < -0.4 is 14.2 Å². The predicted molar refractivity (Wildman–Crippen MR) is 99.3 cm³/mol. The maximum absolute atomic E-state index is 6.04. The second-order valence-electron chi connectivity index (χ2n) is 5.58. The first-order chi connectivity index (χ1) is 13.2. The van der Waals surface area contributed by atoms with Gasteiger partial charge in [-0.2, -0.15) is 0 Å². The molecule has 0 amide bonds. The molecule has 0 aromatic carbocycles. The molecule has 27 heavy (non-hydrogen) atoms. The Morgan fingerprint density at radius 2 is 0.889 bits per heavy atom. The van der Waals surface area contributed by atoms with Gasteiger partial charge in [0.2, 0.25) is 17.6 Å². The maximum Gasteiger partial charge on any atom is 0.213 e. The molecule has 0 N–H and O–H groups in total. The smallest absolute Gasteiger partial charge is 0.213 e. The molecule has 3 aromatic rings. The first-order valence-electron chi connectivity index (χ1n) is 8.27. The van der Waals surface area contributed by atoms with E-state index < -0.39 is 5.60 Å². The van der Waals surface area contributed by atoms with Crippen molar-refractivity contribution in [3.05, 3.63) is 71.7 Å². The van der Waals surface area contributed by atoms with E-state index in [0.717, 1.165) is 0 Å². The number of nitrogens with zero attached hydrogens (tertiary/aromatic N) is 3. The summed E-state index contributed by atoms with van der Waals surface area (Å²) in [6.07, 6.45) is 0. The Balaban J connectivity index is 2.32. The first-order valence-corrected chi connectivity index (χ1v) is 8.27. The fourth-order valence-corrected chi connectivity index (χ4v) is 2.88. The summed E-state index contributed by atoms with van der Waals surface area (Å²) in [6, 6.07) is 16.3. The lowest BCUT2D eigenvalue weighted by atomic mass is 9.89. The van der Waals surface area contributed by atoms with Gasteiger partial charge in [-0.25, -0.2) is 15.0 Å². The molecule has 0 aliphatic carbocycles. The Labute approximate surface area is 157 Å². The average Bonchev–Trinajstić information content (AvgIpc) is 2.75. The highest BCUT2D eigenvalue weighted by Crippen LogP contribution is 2.38. The van der Waals surface area contributed by atoms with E-state index in [1.54, 1.807) is 46.6 Å². The third kappa shape index (κ3) is 3.41. The van der Waals surface area contributed by atoms with Crippen molar-refractivity contribution >= 4 is 0 Å². The summed E-state index contributed by atoms with van der Waals surface area (Å²) in [5, 5.41) is 0. The lowest BCUT2D eigenvalue weighted by molar-refractivity contribution is 0.0460. The van der Waals surface area contributed by atoms with Gasteiger partial charge in [-0.3, -0.25) is 0 Å². The Bertz CT molecular complexity index is 801. The number of methoxy groups -OCH3 is 4. The molecule has 0 unspecified atom stereocenters. The topological polar surface area (TPSA) is 75.6 Å². The summed E-state index contributed by atoms with van der Waals surface area (Å²) in [6.45, 7) is 0. The van der Waals surface area contributed by atoms with E-state index in [2.05, 4.69) is 15.0 Å². The number of aromatic nitrogens is 3. The lowest BCUT2D eigenvalue weighted by Crippen LogP contribution is -2.35. The van der Waals surface area contributed by atoms with Crippen molar-refractivity contribution in [2.75, 3.05) is 28.4 Å². The van der Waals surface area contributed by atoms with Crippen LogP contribution in [0.4, 0.5) is 0 Å². The summed E-state index contributed by atoms with van der Waals surface area (Å²) in [5.41, 5.74) is 0.542. The van der Waals surface area contributed by atoms with Gasteiger partial charge in [-0.05, 0) is 18.2 Å². The van der Waals surface area contributed by atoms with Crippen LogP contribution >= 0.6 is 0 Å². The zero-order chi connectivity index (χ0) is 19.3. The summed E-state index contributed by atoms with van der Waals surface area (Å²) < 4.78 is 21.9. The molecule has 0 spiro atoms. The van der Waals surface area contributed by atoms with Gasteiger partial charge in [0.05, 0.1) is 38.4 Å². The van der Waals surface area contributed by atoms with E-state index >= 15 is 0 Å². The molecule has 140 valence electrons. The molecular formula is C20H21N3O4. The van der Waals surface area contributed by atoms with E-state index in [-0.39, 0.29) is 0 Å². The van der Waals surface area contributed by atoms with E-state index in [9.17, 15) is 0 Å². The van der Waals surface area contributed by atoms with Crippen LogP contribution in [0, 0.1) is 0 Å².